The van der Waals surface area contributed by atoms with E-state index in [1.807, 2.05) is 31.2 Å². The zero-order chi connectivity index (χ0) is 14.8. The van der Waals surface area contributed by atoms with Gasteiger partial charge in [0, 0.05) is 17.6 Å². The number of carbonyl (C=O) groups is 1. The first-order chi connectivity index (χ1) is 10.1. The van der Waals surface area contributed by atoms with E-state index in [2.05, 4.69) is 36.9 Å². The number of benzene rings is 1. The molecule has 1 atom stereocenters. The van der Waals surface area contributed by atoms with Gasteiger partial charge in [0.05, 0.1) is 18.3 Å². The van der Waals surface area contributed by atoms with Gasteiger partial charge >= 0.3 is 0 Å². The molecule has 110 valence electrons. The molecule has 1 aromatic heterocycles. The van der Waals surface area contributed by atoms with Gasteiger partial charge in [-0.1, -0.05) is 33.3 Å². The molecule has 7 heteroatoms. The predicted molar refractivity (Wildman–Crippen MR) is 82.0 cm³/mol. The Morgan fingerprint density at radius 2 is 2.14 bits per heavy atom. The van der Waals surface area contributed by atoms with Crippen molar-refractivity contribution < 1.29 is 4.79 Å². The summed E-state index contributed by atoms with van der Waals surface area (Å²) in [6, 6.07) is 8.09. The molecule has 3 rings (SSSR count). The van der Waals surface area contributed by atoms with Crippen molar-refractivity contribution in [2.75, 3.05) is 13.1 Å². The molecule has 0 saturated carbocycles. The number of nitrogens with zero attached hydrogens (tertiary/aromatic N) is 3. The van der Waals surface area contributed by atoms with E-state index in [-0.39, 0.29) is 11.9 Å². The Balaban J connectivity index is 1.65. The summed E-state index contributed by atoms with van der Waals surface area (Å²) in [5.41, 5.74) is 1.40. The molecule has 6 nitrogen and oxygen atoms in total. The quantitative estimate of drug-likeness (QED) is 0.880. The van der Waals surface area contributed by atoms with Crippen LogP contribution in [0.5, 0.6) is 0 Å². The lowest BCUT2D eigenvalue weighted by molar-refractivity contribution is 0.0934. The number of hydrogen-bond donors (Lipinski definition) is 2. The summed E-state index contributed by atoms with van der Waals surface area (Å²) in [7, 11) is 0. The maximum Gasteiger partial charge on any atom is 0.273 e. The highest BCUT2D eigenvalue weighted by molar-refractivity contribution is 9.10. The number of amides is 1. The van der Waals surface area contributed by atoms with Crippen molar-refractivity contribution in [1.29, 1.82) is 0 Å². The van der Waals surface area contributed by atoms with Gasteiger partial charge in [0.15, 0.2) is 5.69 Å². The number of hydrogen-bond acceptors (Lipinski definition) is 4. The van der Waals surface area contributed by atoms with Crippen LogP contribution in [0.25, 0.3) is 0 Å². The summed E-state index contributed by atoms with van der Waals surface area (Å²) in [5, 5.41) is 14.1. The van der Waals surface area contributed by atoms with Crippen LogP contribution in [0.1, 0.15) is 35.1 Å². The maximum absolute atomic E-state index is 12.2. The van der Waals surface area contributed by atoms with Crippen LogP contribution < -0.4 is 10.6 Å². The number of carbonyl (C=O) groups excluding carboxylic acids is 1. The van der Waals surface area contributed by atoms with E-state index in [9.17, 15) is 4.79 Å². The lowest BCUT2D eigenvalue weighted by Crippen LogP contribution is -2.43. The van der Waals surface area contributed by atoms with E-state index in [4.69, 9.17) is 0 Å². The van der Waals surface area contributed by atoms with Crippen LogP contribution in [-0.2, 0) is 0 Å². The van der Waals surface area contributed by atoms with Crippen molar-refractivity contribution in [3.05, 3.63) is 46.2 Å². The van der Waals surface area contributed by atoms with Crippen molar-refractivity contribution in [2.24, 2.45) is 0 Å². The highest BCUT2D eigenvalue weighted by Crippen LogP contribution is 2.17. The van der Waals surface area contributed by atoms with Gasteiger partial charge in [-0.3, -0.25) is 4.79 Å². The van der Waals surface area contributed by atoms with Gasteiger partial charge in [-0.2, -0.15) is 0 Å². The minimum Gasteiger partial charge on any atom is -0.344 e. The summed E-state index contributed by atoms with van der Waals surface area (Å²) in [4.78, 5) is 12.2. The molecule has 1 fully saturated rings. The smallest absolute Gasteiger partial charge is 0.273 e. The van der Waals surface area contributed by atoms with Crippen molar-refractivity contribution >= 4 is 21.8 Å². The number of nitrogens with one attached hydrogen (secondary N) is 2. The highest BCUT2D eigenvalue weighted by Gasteiger charge is 2.22. The summed E-state index contributed by atoms with van der Waals surface area (Å²) in [6.45, 7) is 3.70. The lowest BCUT2D eigenvalue weighted by Gasteiger charge is -2.26. The molecule has 21 heavy (non-hydrogen) atoms. The van der Waals surface area contributed by atoms with E-state index < -0.39 is 0 Å². The van der Waals surface area contributed by atoms with Crippen LogP contribution in [0.4, 0.5) is 0 Å². The molecule has 0 aliphatic carbocycles. The van der Waals surface area contributed by atoms with Gasteiger partial charge in [0.1, 0.15) is 0 Å². The molecule has 0 radical (unpaired) electrons. The average molecular weight is 350 g/mol. The molecule has 1 aromatic carbocycles. The van der Waals surface area contributed by atoms with Crippen LogP contribution in [0.3, 0.4) is 0 Å². The monoisotopic (exact) mass is 349 g/mol. The Morgan fingerprint density at radius 1 is 1.43 bits per heavy atom. The molecule has 2 aromatic rings. The van der Waals surface area contributed by atoms with Crippen molar-refractivity contribution in [3.8, 4) is 0 Å². The molecule has 1 aliphatic rings. The Hall–Kier alpha value is -1.73. The number of rotatable bonds is 4. The lowest BCUT2D eigenvalue weighted by atomic mass is 10.1. The second kappa shape index (κ2) is 5.95. The fraction of sp³-hybridized carbons (Fsp3) is 0.357. The summed E-state index contributed by atoms with van der Waals surface area (Å²) in [6.07, 6.45) is 1.70. The minimum absolute atomic E-state index is 0.0823. The van der Waals surface area contributed by atoms with E-state index in [0.29, 0.717) is 11.7 Å². The molecule has 2 N–H and O–H groups in total. The molecule has 1 amide bonds. The van der Waals surface area contributed by atoms with Crippen molar-refractivity contribution in [1.82, 2.24) is 25.6 Å². The molecular weight excluding hydrogens is 334 g/mol. The molecule has 0 bridgehead atoms. The van der Waals surface area contributed by atoms with Gasteiger partial charge in [0.25, 0.3) is 5.91 Å². The Labute approximate surface area is 131 Å². The first-order valence-electron chi connectivity index (χ1n) is 6.82. The van der Waals surface area contributed by atoms with Crippen LogP contribution in [0.15, 0.2) is 34.9 Å². The largest absolute Gasteiger partial charge is 0.344 e. The molecule has 0 unspecified atom stereocenters. The zero-order valence-corrected chi connectivity index (χ0v) is 13.2. The highest BCUT2D eigenvalue weighted by atomic mass is 79.9. The second-order valence-corrected chi connectivity index (χ2v) is 6.06. The van der Waals surface area contributed by atoms with E-state index in [0.717, 1.165) is 23.1 Å². The summed E-state index contributed by atoms with van der Waals surface area (Å²) < 4.78 is 2.76. The standard InChI is InChI=1S/C14H16BrN5O/c1-9(10-2-4-11(15)5-3-10)17-14(21)13-8-20(19-18-13)12-6-16-7-12/h2-5,8-9,12,16H,6-7H2,1H3,(H,17,21)/t9-/m0/s1. The van der Waals surface area contributed by atoms with Crippen LogP contribution in [-0.4, -0.2) is 34.0 Å². The Kier molecular flexibility index (Phi) is 4.03. The van der Waals surface area contributed by atoms with Crippen molar-refractivity contribution in [3.63, 3.8) is 0 Å². The topological polar surface area (TPSA) is 71.8 Å². The fourth-order valence-corrected chi connectivity index (χ4v) is 2.39. The van der Waals surface area contributed by atoms with Gasteiger partial charge in [-0.05, 0) is 24.6 Å². The van der Waals surface area contributed by atoms with E-state index in [1.54, 1.807) is 10.9 Å². The average Bonchev–Trinajstić information content (AvgIpc) is 2.86. The van der Waals surface area contributed by atoms with Gasteiger partial charge in [0.2, 0.25) is 0 Å². The first-order valence-corrected chi connectivity index (χ1v) is 7.61. The minimum atomic E-state index is -0.205. The SMILES string of the molecule is C[C@H](NC(=O)c1cn(C2CNC2)nn1)c1ccc(Br)cc1. The molecule has 1 aliphatic heterocycles. The van der Waals surface area contributed by atoms with Gasteiger partial charge < -0.3 is 10.6 Å². The second-order valence-electron chi connectivity index (χ2n) is 5.14. The van der Waals surface area contributed by atoms with Crippen LogP contribution >= 0.6 is 15.9 Å². The van der Waals surface area contributed by atoms with Crippen LogP contribution in [0, 0.1) is 0 Å². The number of aromatic nitrogens is 3. The fourth-order valence-electron chi connectivity index (χ4n) is 2.13. The first kappa shape index (κ1) is 14.2. The van der Waals surface area contributed by atoms with Gasteiger partial charge in [-0.25, -0.2) is 4.68 Å². The summed E-state index contributed by atoms with van der Waals surface area (Å²) in [5.74, 6) is -0.205. The van der Waals surface area contributed by atoms with Crippen LogP contribution in [0.2, 0.25) is 0 Å². The summed E-state index contributed by atoms with van der Waals surface area (Å²) >= 11 is 3.40. The third-order valence-electron chi connectivity index (χ3n) is 3.59. The third-order valence-corrected chi connectivity index (χ3v) is 4.12. The van der Waals surface area contributed by atoms with E-state index in [1.165, 1.54) is 0 Å². The van der Waals surface area contributed by atoms with Crippen molar-refractivity contribution in [2.45, 2.75) is 19.0 Å². The Morgan fingerprint density at radius 3 is 2.76 bits per heavy atom. The maximum atomic E-state index is 12.2. The predicted octanol–water partition coefficient (Wildman–Crippen LogP) is 1.68. The zero-order valence-electron chi connectivity index (χ0n) is 11.6. The molecule has 0 spiro atoms. The molecular formula is C14H16BrN5O. The molecule has 2 heterocycles. The van der Waals surface area contributed by atoms with Gasteiger partial charge in [-0.15, -0.1) is 5.10 Å². The number of halogens is 1. The third kappa shape index (κ3) is 3.14. The Bertz CT molecular complexity index is 635. The molecule has 1 saturated heterocycles. The normalized spacial score (nSPS) is 16.3. The van der Waals surface area contributed by atoms with E-state index >= 15 is 0 Å².